The van der Waals surface area contributed by atoms with E-state index in [4.69, 9.17) is 5.73 Å². The number of urea groups is 1. The van der Waals surface area contributed by atoms with Crippen molar-refractivity contribution >= 4 is 22.6 Å². The molecule has 17 heavy (non-hydrogen) atoms. The summed E-state index contributed by atoms with van der Waals surface area (Å²) in [6, 6.07) is 13.4. The number of nitrogens with two attached hydrogens (primary N) is 1. The Balaban J connectivity index is 2.07. The number of nitrogens with zero attached hydrogens (tertiary/aromatic N) is 1. The van der Waals surface area contributed by atoms with Crippen molar-refractivity contribution in [1.82, 2.24) is 5.32 Å². The fourth-order valence-corrected chi connectivity index (χ4v) is 2.05. The summed E-state index contributed by atoms with van der Waals surface area (Å²) >= 11 is 0. The lowest BCUT2D eigenvalue weighted by Gasteiger charge is -2.11. The van der Waals surface area contributed by atoms with Crippen molar-refractivity contribution < 1.29 is 4.79 Å². The molecule has 0 spiro atoms. The molecule has 1 aliphatic rings. The number of benzene rings is 2. The van der Waals surface area contributed by atoms with Crippen LogP contribution < -0.4 is 11.1 Å². The fourth-order valence-electron chi connectivity index (χ4n) is 2.05. The molecule has 0 bridgehead atoms. The Morgan fingerprint density at radius 2 is 1.88 bits per heavy atom. The summed E-state index contributed by atoms with van der Waals surface area (Å²) in [5.41, 5.74) is 6.67. The average Bonchev–Trinajstić information content (AvgIpc) is 2.68. The van der Waals surface area contributed by atoms with Crippen molar-refractivity contribution in [2.75, 3.05) is 0 Å². The van der Waals surface area contributed by atoms with Crippen LogP contribution in [0.25, 0.3) is 10.8 Å². The van der Waals surface area contributed by atoms with E-state index in [1.54, 1.807) is 0 Å². The fraction of sp³-hybridized carbons (Fsp3) is 0.0769. The van der Waals surface area contributed by atoms with Crippen molar-refractivity contribution in [1.29, 1.82) is 0 Å². The van der Waals surface area contributed by atoms with Crippen molar-refractivity contribution in [3.8, 4) is 0 Å². The number of carbonyl (C=O) groups excluding carboxylic acids is 1. The second-order valence-electron chi connectivity index (χ2n) is 4.03. The molecule has 0 saturated heterocycles. The van der Waals surface area contributed by atoms with E-state index in [0.717, 1.165) is 16.3 Å². The number of hydrogen-bond acceptors (Lipinski definition) is 2. The van der Waals surface area contributed by atoms with E-state index < -0.39 is 0 Å². The van der Waals surface area contributed by atoms with Crippen molar-refractivity contribution in [3.05, 3.63) is 48.0 Å². The maximum atomic E-state index is 11.1. The number of nitrogens with one attached hydrogen (secondary N) is 1. The number of fused-ring (bicyclic) bond motifs is 1. The zero-order chi connectivity index (χ0) is 11.8. The van der Waals surface area contributed by atoms with Crippen LogP contribution in [0, 0.1) is 0 Å². The molecule has 1 unspecified atom stereocenters. The Morgan fingerprint density at radius 1 is 1.12 bits per heavy atom. The van der Waals surface area contributed by atoms with E-state index in [-0.39, 0.29) is 12.1 Å². The molecule has 3 rings (SSSR count). The first-order valence-electron chi connectivity index (χ1n) is 5.37. The van der Waals surface area contributed by atoms with Gasteiger partial charge in [0.1, 0.15) is 11.9 Å². The minimum absolute atomic E-state index is 0.299. The first-order chi connectivity index (χ1) is 8.24. The van der Waals surface area contributed by atoms with Gasteiger partial charge in [-0.15, -0.1) is 0 Å². The quantitative estimate of drug-likeness (QED) is 0.779. The highest BCUT2D eigenvalue weighted by atomic mass is 16.2. The molecule has 0 aromatic heterocycles. The Morgan fingerprint density at radius 3 is 2.59 bits per heavy atom. The Kier molecular flexibility index (Phi) is 2.08. The minimum Gasteiger partial charge on any atom is -0.385 e. The van der Waals surface area contributed by atoms with Crippen molar-refractivity contribution in [2.24, 2.45) is 10.7 Å². The number of aliphatic imine (C=N–C) groups is 1. The molecular weight excluding hydrogens is 214 g/mol. The van der Waals surface area contributed by atoms with E-state index in [0.29, 0.717) is 5.84 Å². The van der Waals surface area contributed by atoms with Gasteiger partial charge in [0.05, 0.1) is 0 Å². The molecule has 1 aliphatic heterocycles. The van der Waals surface area contributed by atoms with Gasteiger partial charge >= 0.3 is 6.03 Å². The second-order valence-corrected chi connectivity index (χ2v) is 4.03. The van der Waals surface area contributed by atoms with E-state index in [9.17, 15) is 4.79 Å². The van der Waals surface area contributed by atoms with Crippen LogP contribution in [0.1, 0.15) is 11.6 Å². The summed E-state index contributed by atoms with van der Waals surface area (Å²) < 4.78 is 0. The topological polar surface area (TPSA) is 67.5 Å². The third kappa shape index (κ3) is 1.63. The highest BCUT2D eigenvalue weighted by Gasteiger charge is 2.24. The molecule has 2 aromatic carbocycles. The van der Waals surface area contributed by atoms with Crippen LogP contribution in [0.15, 0.2) is 47.5 Å². The number of amides is 2. The van der Waals surface area contributed by atoms with Gasteiger partial charge in [0.2, 0.25) is 0 Å². The average molecular weight is 225 g/mol. The Bertz CT molecular complexity index is 633. The third-order valence-corrected chi connectivity index (χ3v) is 2.90. The second kappa shape index (κ2) is 3.59. The number of rotatable bonds is 1. The molecule has 0 fully saturated rings. The third-order valence-electron chi connectivity index (χ3n) is 2.90. The molecule has 4 nitrogen and oxygen atoms in total. The summed E-state index contributed by atoms with van der Waals surface area (Å²) in [4.78, 5) is 14.8. The number of amidine groups is 1. The van der Waals surface area contributed by atoms with E-state index in [1.807, 2.05) is 42.5 Å². The van der Waals surface area contributed by atoms with Crippen LogP contribution in [0.2, 0.25) is 0 Å². The summed E-state index contributed by atoms with van der Waals surface area (Å²) in [6.45, 7) is 0. The molecule has 1 atom stereocenters. The Hall–Kier alpha value is -2.36. The first-order valence-corrected chi connectivity index (χ1v) is 5.37. The van der Waals surface area contributed by atoms with Crippen molar-refractivity contribution in [3.63, 3.8) is 0 Å². The molecule has 0 radical (unpaired) electrons. The predicted octanol–water partition coefficient (Wildman–Crippen LogP) is 1.96. The van der Waals surface area contributed by atoms with E-state index >= 15 is 0 Å². The maximum Gasteiger partial charge on any atom is 0.343 e. The predicted molar refractivity (Wildman–Crippen MR) is 66.8 cm³/mol. The first kappa shape index (κ1) is 9.84. The van der Waals surface area contributed by atoms with E-state index in [2.05, 4.69) is 10.3 Å². The molecule has 1 heterocycles. The van der Waals surface area contributed by atoms with Crippen molar-refractivity contribution in [2.45, 2.75) is 6.04 Å². The van der Waals surface area contributed by atoms with E-state index in [1.165, 1.54) is 0 Å². The molecular formula is C13H11N3O. The summed E-state index contributed by atoms with van der Waals surface area (Å²) in [5, 5.41) is 5.00. The molecule has 2 aromatic rings. The zero-order valence-corrected chi connectivity index (χ0v) is 9.05. The zero-order valence-electron chi connectivity index (χ0n) is 9.05. The van der Waals surface area contributed by atoms with Gasteiger partial charge in [0.25, 0.3) is 0 Å². The van der Waals surface area contributed by atoms with Gasteiger partial charge in [-0.2, -0.15) is 4.99 Å². The van der Waals surface area contributed by atoms with Gasteiger partial charge in [0.15, 0.2) is 0 Å². The summed E-state index contributed by atoms with van der Waals surface area (Å²) in [7, 11) is 0. The maximum absolute atomic E-state index is 11.1. The molecule has 84 valence electrons. The smallest absolute Gasteiger partial charge is 0.343 e. The lowest BCUT2D eigenvalue weighted by Crippen LogP contribution is -2.27. The highest BCUT2D eigenvalue weighted by molar-refractivity contribution is 6.03. The summed E-state index contributed by atoms with van der Waals surface area (Å²) in [6.07, 6.45) is 0. The van der Waals surface area contributed by atoms with Gasteiger partial charge in [-0.1, -0.05) is 36.4 Å². The van der Waals surface area contributed by atoms with Crippen LogP contribution in [0.4, 0.5) is 4.79 Å². The largest absolute Gasteiger partial charge is 0.385 e. The van der Waals surface area contributed by atoms with Gasteiger partial charge in [-0.05, 0) is 22.4 Å². The highest BCUT2D eigenvalue weighted by Crippen LogP contribution is 2.22. The van der Waals surface area contributed by atoms with Gasteiger partial charge < -0.3 is 11.1 Å². The van der Waals surface area contributed by atoms with Gasteiger partial charge in [-0.3, -0.25) is 0 Å². The van der Waals surface area contributed by atoms with Crippen LogP contribution in [0.3, 0.4) is 0 Å². The van der Waals surface area contributed by atoms with Gasteiger partial charge in [0, 0.05) is 0 Å². The Labute approximate surface area is 98.1 Å². The normalized spacial score (nSPS) is 19.2. The molecule has 0 saturated carbocycles. The monoisotopic (exact) mass is 225 g/mol. The van der Waals surface area contributed by atoms with Crippen LogP contribution in [-0.2, 0) is 0 Å². The van der Waals surface area contributed by atoms with Crippen LogP contribution in [0.5, 0.6) is 0 Å². The van der Waals surface area contributed by atoms with Gasteiger partial charge in [-0.25, -0.2) is 4.79 Å². The van der Waals surface area contributed by atoms with Crippen LogP contribution >= 0.6 is 0 Å². The summed E-state index contributed by atoms with van der Waals surface area (Å²) in [5.74, 6) is 0.324. The molecule has 0 aliphatic carbocycles. The molecule has 3 N–H and O–H groups in total. The molecule has 4 heteroatoms. The standard InChI is InChI=1S/C13H11N3O/c14-12-11(15-13(17)16-12)10-6-5-8-3-1-2-4-9(8)7-10/h1-7,11H,(H3,14,15,16,17). The number of hydrogen-bond donors (Lipinski definition) is 2. The SMILES string of the molecule is NC1=NC(=O)NC1c1ccc2ccccc2c1. The lowest BCUT2D eigenvalue weighted by atomic mass is 10.0. The minimum atomic E-state index is -0.374. The number of carbonyl (C=O) groups is 1. The van der Waals surface area contributed by atoms with Crippen LogP contribution in [-0.4, -0.2) is 11.9 Å². The lowest BCUT2D eigenvalue weighted by molar-refractivity contribution is 0.250. The molecule has 2 amide bonds.